The number of hydrogen-bond acceptors (Lipinski definition) is 1. The summed E-state index contributed by atoms with van der Waals surface area (Å²) in [5.74, 6) is 3.01. The Balaban J connectivity index is 1.28. The van der Waals surface area contributed by atoms with Crippen molar-refractivity contribution in [3.8, 4) is 0 Å². The number of benzene rings is 1. The van der Waals surface area contributed by atoms with Gasteiger partial charge in [-0.3, -0.25) is 0 Å². The maximum absolute atomic E-state index is 5.57. The van der Waals surface area contributed by atoms with Crippen molar-refractivity contribution in [3.63, 3.8) is 0 Å². The summed E-state index contributed by atoms with van der Waals surface area (Å²) in [4.78, 5) is 0. The summed E-state index contributed by atoms with van der Waals surface area (Å²) >= 11 is 5.57. The number of rotatable bonds is 6. The first-order chi connectivity index (χ1) is 12.1. The van der Waals surface area contributed by atoms with Gasteiger partial charge in [0.25, 0.3) is 0 Å². The molecule has 0 unspecified atom stereocenters. The van der Waals surface area contributed by atoms with Crippen LogP contribution in [-0.2, 0) is 6.42 Å². The summed E-state index contributed by atoms with van der Waals surface area (Å²) in [6, 6.07) is 8.76. The van der Waals surface area contributed by atoms with E-state index in [1.807, 2.05) is 0 Å². The maximum Gasteiger partial charge on any atom is 0.170 e. The highest BCUT2D eigenvalue weighted by atomic mass is 32.1. The fraction of sp³-hybridized carbons (Fsp3) is 0.682. The van der Waals surface area contributed by atoms with E-state index in [9.17, 15) is 0 Å². The molecule has 5 rings (SSSR count). The maximum atomic E-state index is 5.57. The molecule has 25 heavy (non-hydrogen) atoms. The van der Waals surface area contributed by atoms with E-state index in [2.05, 4.69) is 41.8 Å². The smallest absolute Gasteiger partial charge is 0.170 e. The van der Waals surface area contributed by atoms with Crippen molar-refractivity contribution in [3.05, 3.63) is 29.8 Å². The van der Waals surface area contributed by atoms with Crippen LogP contribution < -0.4 is 10.6 Å². The van der Waals surface area contributed by atoms with E-state index in [1.54, 1.807) is 0 Å². The van der Waals surface area contributed by atoms with Gasteiger partial charge in [0.05, 0.1) is 0 Å². The molecular formula is C22H32N2S. The summed E-state index contributed by atoms with van der Waals surface area (Å²) in [5.41, 5.74) is 3.05. The number of hydrogen-bond donors (Lipinski definition) is 2. The van der Waals surface area contributed by atoms with E-state index in [-0.39, 0.29) is 0 Å². The van der Waals surface area contributed by atoms with Gasteiger partial charge >= 0.3 is 0 Å². The molecule has 4 saturated carbocycles. The fourth-order valence-corrected chi connectivity index (χ4v) is 6.28. The third-order valence-corrected chi connectivity index (χ3v) is 7.07. The molecular weight excluding hydrogens is 324 g/mol. The molecule has 3 heteroatoms. The van der Waals surface area contributed by atoms with E-state index in [0.717, 1.165) is 35.1 Å². The monoisotopic (exact) mass is 356 g/mol. The summed E-state index contributed by atoms with van der Waals surface area (Å²) in [6.07, 6.45) is 12.5. The predicted octanol–water partition coefficient (Wildman–Crippen LogP) is 5.53. The lowest BCUT2D eigenvalue weighted by molar-refractivity contribution is -0.0490. The summed E-state index contributed by atoms with van der Waals surface area (Å²) in [6.45, 7) is 3.31. The minimum atomic E-state index is 0.532. The number of thiocarbonyl (C=S) groups is 1. The van der Waals surface area contributed by atoms with Crippen LogP contribution in [0, 0.1) is 23.2 Å². The largest absolute Gasteiger partial charge is 0.362 e. The van der Waals surface area contributed by atoms with Crippen LogP contribution in [0.25, 0.3) is 0 Å². The minimum absolute atomic E-state index is 0.532. The summed E-state index contributed by atoms with van der Waals surface area (Å²) in [5, 5.41) is 7.72. The van der Waals surface area contributed by atoms with Gasteiger partial charge in [-0.15, -0.1) is 0 Å². The van der Waals surface area contributed by atoms with Gasteiger partial charge in [0, 0.05) is 12.2 Å². The Kier molecular flexibility index (Phi) is 5.04. The highest BCUT2D eigenvalue weighted by molar-refractivity contribution is 7.80. The Morgan fingerprint density at radius 2 is 1.64 bits per heavy atom. The average molecular weight is 357 g/mol. The van der Waals surface area contributed by atoms with E-state index >= 15 is 0 Å². The molecule has 1 aromatic carbocycles. The molecule has 0 radical (unpaired) electrons. The molecule has 0 aromatic heterocycles. The van der Waals surface area contributed by atoms with Gasteiger partial charge in [-0.2, -0.15) is 0 Å². The fourth-order valence-electron chi connectivity index (χ4n) is 6.09. The molecule has 0 atom stereocenters. The Labute approximate surface area is 158 Å². The second-order valence-electron chi connectivity index (χ2n) is 9.03. The lowest BCUT2D eigenvalue weighted by Gasteiger charge is -2.57. The van der Waals surface area contributed by atoms with Gasteiger partial charge < -0.3 is 10.6 Å². The van der Waals surface area contributed by atoms with Crippen LogP contribution in [0.4, 0.5) is 5.69 Å². The highest BCUT2D eigenvalue weighted by Crippen LogP contribution is 2.59. The van der Waals surface area contributed by atoms with E-state index < -0.39 is 0 Å². The van der Waals surface area contributed by atoms with Crippen molar-refractivity contribution in [2.75, 3.05) is 11.9 Å². The highest BCUT2D eigenvalue weighted by Gasteiger charge is 2.50. The van der Waals surface area contributed by atoms with Gasteiger partial charge in [-0.1, -0.05) is 25.5 Å². The first-order valence-corrected chi connectivity index (χ1v) is 10.7. The van der Waals surface area contributed by atoms with Gasteiger partial charge in [0.1, 0.15) is 0 Å². The zero-order valence-electron chi connectivity index (χ0n) is 15.5. The Morgan fingerprint density at radius 1 is 1.04 bits per heavy atom. The Morgan fingerprint density at radius 3 is 2.20 bits per heavy atom. The molecule has 4 bridgehead atoms. The molecule has 0 saturated heterocycles. The molecule has 1 aromatic rings. The number of anilines is 1. The molecule has 0 aliphatic heterocycles. The molecule has 2 nitrogen and oxygen atoms in total. The normalized spacial score (nSPS) is 32.6. The molecule has 4 fully saturated rings. The number of aryl methyl sites for hydroxylation is 1. The molecule has 2 N–H and O–H groups in total. The van der Waals surface area contributed by atoms with Crippen LogP contribution >= 0.6 is 12.2 Å². The minimum Gasteiger partial charge on any atom is -0.362 e. The van der Waals surface area contributed by atoms with Crippen LogP contribution in [0.5, 0.6) is 0 Å². The zero-order valence-corrected chi connectivity index (χ0v) is 16.3. The van der Waals surface area contributed by atoms with Crippen LogP contribution in [-0.4, -0.2) is 11.7 Å². The summed E-state index contributed by atoms with van der Waals surface area (Å²) in [7, 11) is 0. The van der Waals surface area contributed by atoms with E-state index in [4.69, 9.17) is 12.2 Å². The predicted molar refractivity (Wildman–Crippen MR) is 110 cm³/mol. The van der Waals surface area contributed by atoms with Crippen molar-refractivity contribution < 1.29 is 0 Å². The van der Waals surface area contributed by atoms with Crippen LogP contribution in [0.15, 0.2) is 24.3 Å². The van der Waals surface area contributed by atoms with Crippen molar-refractivity contribution in [2.24, 2.45) is 23.2 Å². The standard InChI is InChI=1S/C22H32N2S/c1-2-3-4-16-5-7-20(8-6-16)24-21(25)23-15-22-12-17-9-18(13-22)11-19(10-17)14-22/h5-8,17-19H,2-4,9-15H2,1H3,(H2,23,24,25). The van der Waals surface area contributed by atoms with Gasteiger partial charge in [0.15, 0.2) is 5.11 Å². The van der Waals surface area contributed by atoms with Crippen molar-refractivity contribution in [1.82, 2.24) is 5.32 Å². The molecule has 4 aliphatic rings. The molecule has 0 heterocycles. The summed E-state index contributed by atoms with van der Waals surface area (Å²) < 4.78 is 0. The molecule has 136 valence electrons. The lowest BCUT2D eigenvalue weighted by atomic mass is 9.49. The second kappa shape index (κ2) is 7.26. The SMILES string of the molecule is CCCCc1ccc(NC(=S)NCC23CC4CC(CC(C4)C2)C3)cc1. The Bertz CT molecular complexity index is 572. The van der Waals surface area contributed by atoms with Crippen LogP contribution in [0.2, 0.25) is 0 Å². The van der Waals surface area contributed by atoms with Gasteiger partial charge in [-0.05, 0) is 104 Å². The zero-order chi connectivity index (χ0) is 17.3. The average Bonchev–Trinajstić information content (AvgIpc) is 2.58. The van der Waals surface area contributed by atoms with Gasteiger partial charge in [-0.25, -0.2) is 0 Å². The molecule has 4 aliphatic carbocycles. The lowest BCUT2D eigenvalue weighted by Crippen LogP contribution is -2.51. The van der Waals surface area contributed by atoms with E-state index in [1.165, 1.54) is 63.4 Å². The number of nitrogens with one attached hydrogen (secondary N) is 2. The van der Waals surface area contributed by atoms with Crippen LogP contribution in [0.1, 0.15) is 63.9 Å². The first-order valence-electron chi connectivity index (χ1n) is 10.3. The van der Waals surface area contributed by atoms with Crippen molar-refractivity contribution in [2.45, 2.75) is 64.7 Å². The number of unbranched alkanes of at least 4 members (excludes halogenated alkanes) is 1. The molecule has 0 amide bonds. The quantitative estimate of drug-likeness (QED) is 0.655. The Hall–Kier alpha value is -1.09. The van der Waals surface area contributed by atoms with Crippen LogP contribution in [0.3, 0.4) is 0 Å². The third-order valence-electron chi connectivity index (χ3n) is 6.82. The van der Waals surface area contributed by atoms with Crippen molar-refractivity contribution >= 4 is 23.0 Å². The van der Waals surface area contributed by atoms with Crippen molar-refractivity contribution in [1.29, 1.82) is 0 Å². The topological polar surface area (TPSA) is 24.1 Å². The van der Waals surface area contributed by atoms with E-state index in [0.29, 0.717) is 5.41 Å². The van der Waals surface area contributed by atoms with Gasteiger partial charge in [0.2, 0.25) is 0 Å². The molecule has 0 spiro atoms. The third kappa shape index (κ3) is 4.02. The first kappa shape index (κ1) is 17.3. The second-order valence-corrected chi connectivity index (χ2v) is 9.43.